The van der Waals surface area contributed by atoms with Crippen molar-refractivity contribution in [2.45, 2.75) is 63.6 Å². The standard InChI is InChI=1S/C32H38N2O4/c1-37-28-18-16-25(17-19-28)22-31(35)34(23-26-12-9-15-29(20-26)38-2)30(21-24-10-5-3-6-11-24)32(36)33-27-13-7-4-8-14-27/h3,5-6,9-12,15-20,27,30H,4,7-8,13-14,21-23H2,1-2H3,(H,33,36)/t30-/m1/s1. The van der Waals surface area contributed by atoms with Crippen molar-refractivity contribution in [2.24, 2.45) is 0 Å². The molecule has 1 aliphatic rings. The van der Waals surface area contributed by atoms with E-state index in [2.05, 4.69) is 5.32 Å². The zero-order valence-electron chi connectivity index (χ0n) is 22.4. The van der Waals surface area contributed by atoms with Crippen LogP contribution >= 0.6 is 0 Å². The van der Waals surface area contributed by atoms with Crippen LogP contribution in [0.25, 0.3) is 0 Å². The molecule has 0 unspecified atom stereocenters. The average Bonchev–Trinajstić information content (AvgIpc) is 2.96. The molecule has 6 nitrogen and oxygen atoms in total. The highest BCUT2D eigenvalue weighted by molar-refractivity contribution is 5.89. The van der Waals surface area contributed by atoms with Crippen molar-refractivity contribution < 1.29 is 19.1 Å². The highest BCUT2D eigenvalue weighted by Crippen LogP contribution is 2.22. The lowest BCUT2D eigenvalue weighted by Crippen LogP contribution is -2.53. The van der Waals surface area contributed by atoms with Gasteiger partial charge in [0.25, 0.3) is 0 Å². The SMILES string of the molecule is COc1ccc(CC(=O)N(Cc2cccc(OC)c2)[C@H](Cc2ccccc2)C(=O)NC2CCCCC2)cc1. The van der Waals surface area contributed by atoms with Gasteiger partial charge in [-0.2, -0.15) is 0 Å². The van der Waals surface area contributed by atoms with Gasteiger partial charge in [-0.15, -0.1) is 0 Å². The zero-order chi connectivity index (χ0) is 26.7. The van der Waals surface area contributed by atoms with Crippen LogP contribution < -0.4 is 14.8 Å². The summed E-state index contributed by atoms with van der Waals surface area (Å²) >= 11 is 0. The summed E-state index contributed by atoms with van der Waals surface area (Å²) in [4.78, 5) is 29.5. The number of rotatable bonds is 11. The number of methoxy groups -OCH3 is 2. The Morgan fingerprint density at radius 1 is 0.816 bits per heavy atom. The van der Waals surface area contributed by atoms with Crippen molar-refractivity contribution in [3.05, 3.63) is 95.6 Å². The zero-order valence-corrected chi connectivity index (χ0v) is 22.4. The number of amides is 2. The van der Waals surface area contributed by atoms with Crippen LogP contribution in [0, 0.1) is 0 Å². The third-order valence-electron chi connectivity index (χ3n) is 7.22. The van der Waals surface area contributed by atoms with Gasteiger partial charge >= 0.3 is 0 Å². The smallest absolute Gasteiger partial charge is 0.243 e. The highest BCUT2D eigenvalue weighted by Gasteiger charge is 2.32. The number of benzene rings is 3. The van der Waals surface area contributed by atoms with Gasteiger partial charge in [0.1, 0.15) is 17.5 Å². The van der Waals surface area contributed by atoms with E-state index in [0.717, 1.165) is 53.9 Å². The molecule has 2 amide bonds. The predicted octanol–water partition coefficient (Wildman–Crippen LogP) is 5.34. The summed E-state index contributed by atoms with van der Waals surface area (Å²) in [6.07, 6.45) is 6.06. The molecule has 0 aliphatic heterocycles. The largest absolute Gasteiger partial charge is 0.497 e. The lowest BCUT2D eigenvalue weighted by Gasteiger charge is -2.33. The van der Waals surface area contributed by atoms with Crippen LogP contribution in [0.1, 0.15) is 48.8 Å². The molecule has 0 aromatic heterocycles. The molecule has 4 rings (SSSR count). The first-order valence-corrected chi connectivity index (χ1v) is 13.5. The van der Waals surface area contributed by atoms with Crippen LogP contribution in [0.3, 0.4) is 0 Å². The Hall–Kier alpha value is -3.80. The molecular formula is C32H38N2O4. The van der Waals surface area contributed by atoms with E-state index in [9.17, 15) is 9.59 Å². The molecular weight excluding hydrogens is 476 g/mol. The van der Waals surface area contributed by atoms with Crippen molar-refractivity contribution in [3.63, 3.8) is 0 Å². The molecule has 0 spiro atoms. The third-order valence-corrected chi connectivity index (χ3v) is 7.22. The average molecular weight is 515 g/mol. The number of nitrogens with one attached hydrogen (secondary N) is 1. The van der Waals surface area contributed by atoms with E-state index < -0.39 is 6.04 Å². The maximum absolute atomic E-state index is 13.9. The topological polar surface area (TPSA) is 67.9 Å². The fraction of sp³-hybridized carbons (Fsp3) is 0.375. The van der Waals surface area contributed by atoms with Crippen LogP contribution in [0.4, 0.5) is 0 Å². The lowest BCUT2D eigenvalue weighted by molar-refractivity contribution is -0.141. The van der Waals surface area contributed by atoms with E-state index in [-0.39, 0.29) is 24.3 Å². The molecule has 6 heteroatoms. The Bertz CT molecular complexity index is 1170. The normalized spacial score (nSPS) is 14.4. The molecule has 1 N–H and O–H groups in total. The molecule has 0 heterocycles. The summed E-state index contributed by atoms with van der Waals surface area (Å²) < 4.78 is 10.7. The van der Waals surface area contributed by atoms with Gasteiger partial charge in [0.15, 0.2) is 0 Å². The van der Waals surface area contributed by atoms with Gasteiger partial charge in [-0.25, -0.2) is 0 Å². The minimum atomic E-state index is -0.642. The molecule has 38 heavy (non-hydrogen) atoms. The maximum atomic E-state index is 13.9. The van der Waals surface area contributed by atoms with Crippen LogP contribution in [0.5, 0.6) is 11.5 Å². The summed E-state index contributed by atoms with van der Waals surface area (Å²) in [5.41, 5.74) is 2.80. The second kappa shape index (κ2) is 13.7. The monoisotopic (exact) mass is 514 g/mol. The molecule has 1 atom stereocenters. The Balaban J connectivity index is 1.65. The van der Waals surface area contributed by atoms with Crippen molar-refractivity contribution >= 4 is 11.8 Å². The van der Waals surface area contributed by atoms with E-state index in [1.807, 2.05) is 78.9 Å². The summed E-state index contributed by atoms with van der Waals surface area (Å²) in [6, 6.07) is 24.6. The summed E-state index contributed by atoms with van der Waals surface area (Å²) in [6.45, 7) is 0.307. The summed E-state index contributed by atoms with van der Waals surface area (Å²) in [5.74, 6) is 1.27. The van der Waals surface area contributed by atoms with Crippen molar-refractivity contribution in [2.75, 3.05) is 14.2 Å². The lowest BCUT2D eigenvalue weighted by atomic mass is 9.94. The minimum absolute atomic E-state index is 0.0910. The molecule has 0 bridgehead atoms. The third kappa shape index (κ3) is 7.60. The molecule has 3 aromatic carbocycles. The molecule has 1 fully saturated rings. The number of hydrogen-bond donors (Lipinski definition) is 1. The predicted molar refractivity (Wildman–Crippen MR) is 149 cm³/mol. The Morgan fingerprint density at radius 3 is 2.18 bits per heavy atom. The second-order valence-corrected chi connectivity index (χ2v) is 9.95. The van der Waals surface area contributed by atoms with Crippen LogP contribution in [0.15, 0.2) is 78.9 Å². The number of hydrogen-bond acceptors (Lipinski definition) is 4. The van der Waals surface area contributed by atoms with E-state index >= 15 is 0 Å². The second-order valence-electron chi connectivity index (χ2n) is 9.95. The Morgan fingerprint density at radius 2 is 1.50 bits per heavy atom. The van der Waals surface area contributed by atoms with Gasteiger partial charge in [-0.3, -0.25) is 9.59 Å². The first-order chi connectivity index (χ1) is 18.6. The van der Waals surface area contributed by atoms with Crippen LogP contribution in [-0.2, 0) is 29.0 Å². The fourth-order valence-corrected chi connectivity index (χ4v) is 5.09. The van der Waals surface area contributed by atoms with Gasteiger partial charge in [0, 0.05) is 19.0 Å². The molecule has 0 saturated heterocycles. The molecule has 200 valence electrons. The molecule has 3 aromatic rings. The van der Waals surface area contributed by atoms with Gasteiger partial charge < -0.3 is 19.7 Å². The van der Waals surface area contributed by atoms with Gasteiger partial charge in [0.05, 0.1) is 20.6 Å². The number of carbonyl (C=O) groups excluding carboxylic acids is 2. The fourth-order valence-electron chi connectivity index (χ4n) is 5.09. The van der Waals surface area contributed by atoms with Crippen molar-refractivity contribution in [3.8, 4) is 11.5 Å². The first-order valence-electron chi connectivity index (χ1n) is 13.5. The number of carbonyl (C=O) groups is 2. The minimum Gasteiger partial charge on any atom is -0.497 e. The highest BCUT2D eigenvalue weighted by atomic mass is 16.5. The molecule has 1 aliphatic carbocycles. The summed E-state index contributed by atoms with van der Waals surface area (Å²) in [7, 11) is 3.25. The van der Waals surface area contributed by atoms with Crippen molar-refractivity contribution in [1.82, 2.24) is 10.2 Å². The van der Waals surface area contributed by atoms with Gasteiger partial charge in [-0.05, 0) is 53.8 Å². The number of nitrogens with zero attached hydrogens (tertiary/aromatic N) is 1. The van der Waals surface area contributed by atoms with E-state index in [0.29, 0.717) is 13.0 Å². The quantitative estimate of drug-likeness (QED) is 0.375. The summed E-state index contributed by atoms with van der Waals surface area (Å²) in [5, 5.41) is 3.29. The molecule has 0 radical (unpaired) electrons. The van der Waals surface area contributed by atoms with Crippen LogP contribution in [-0.4, -0.2) is 43.0 Å². The molecule has 1 saturated carbocycles. The first kappa shape index (κ1) is 27.2. The van der Waals surface area contributed by atoms with Gasteiger partial charge in [-0.1, -0.05) is 73.9 Å². The van der Waals surface area contributed by atoms with Crippen LogP contribution in [0.2, 0.25) is 0 Å². The van der Waals surface area contributed by atoms with Crippen molar-refractivity contribution in [1.29, 1.82) is 0 Å². The van der Waals surface area contributed by atoms with E-state index in [4.69, 9.17) is 9.47 Å². The van der Waals surface area contributed by atoms with Gasteiger partial charge in [0.2, 0.25) is 11.8 Å². The Labute approximate surface area is 226 Å². The Kier molecular flexibility index (Phi) is 9.79. The van der Waals surface area contributed by atoms with E-state index in [1.54, 1.807) is 19.1 Å². The van der Waals surface area contributed by atoms with E-state index in [1.165, 1.54) is 6.42 Å². The number of ether oxygens (including phenoxy) is 2. The maximum Gasteiger partial charge on any atom is 0.243 e.